The molecule has 35 heavy (non-hydrogen) atoms. The SMILES string of the molecule is N#C[C@@]1(C2CC2)CCN(c2ccnc(Nc3ccc(C4(C(=O)NCC(F)(F)F)CC4)cn3)c2)C1=O. The Morgan fingerprint density at radius 1 is 1.17 bits per heavy atom. The lowest BCUT2D eigenvalue weighted by atomic mass is 9.83. The Hall–Kier alpha value is -3.68. The zero-order valence-electron chi connectivity index (χ0n) is 18.7. The molecule has 3 fully saturated rings. The summed E-state index contributed by atoms with van der Waals surface area (Å²) in [6.45, 7) is -0.893. The number of carbonyl (C=O) groups is 2. The van der Waals surface area contributed by atoms with Crippen LogP contribution >= 0.6 is 0 Å². The van der Waals surface area contributed by atoms with E-state index in [0.29, 0.717) is 48.7 Å². The predicted molar refractivity (Wildman–Crippen MR) is 119 cm³/mol. The second-order valence-corrected chi connectivity index (χ2v) is 9.40. The molecule has 182 valence electrons. The van der Waals surface area contributed by atoms with E-state index in [4.69, 9.17) is 0 Å². The molecular formula is C24H23F3N6O2. The number of alkyl halides is 3. The molecule has 1 saturated heterocycles. The maximum atomic E-state index is 13.1. The quantitative estimate of drug-likeness (QED) is 0.622. The van der Waals surface area contributed by atoms with Crippen LogP contribution in [0.3, 0.4) is 0 Å². The van der Waals surface area contributed by atoms with Gasteiger partial charge in [-0.05, 0) is 55.7 Å². The number of anilines is 3. The normalized spacial score (nSPS) is 23.0. The molecule has 2 N–H and O–H groups in total. The minimum Gasteiger partial charge on any atom is -0.346 e. The van der Waals surface area contributed by atoms with E-state index >= 15 is 0 Å². The third-order valence-corrected chi connectivity index (χ3v) is 7.09. The Morgan fingerprint density at radius 2 is 1.94 bits per heavy atom. The predicted octanol–water partition coefficient (Wildman–Crippen LogP) is 3.59. The van der Waals surface area contributed by atoms with Crippen LogP contribution in [0.1, 0.15) is 37.7 Å². The van der Waals surface area contributed by atoms with E-state index in [1.165, 1.54) is 6.20 Å². The number of carbonyl (C=O) groups excluding carboxylic acids is 2. The minimum atomic E-state index is -4.47. The Morgan fingerprint density at radius 3 is 2.54 bits per heavy atom. The molecule has 0 aromatic carbocycles. The second kappa shape index (κ2) is 8.22. The Labute approximate surface area is 199 Å². The molecule has 1 atom stereocenters. The Kier molecular flexibility index (Phi) is 5.42. The van der Waals surface area contributed by atoms with Crippen molar-refractivity contribution in [3.05, 3.63) is 42.2 Å². The monoisotopic (exact) mass is 484 g/mol. The molecule has 3 aliphatic rings. The largest absolute Gasteiger partial charge is 0.405 e. The molecule has 2 aromatic rings. The van der Waals surface area contributed by atoms with Crippen molar-refractivity contribution >= 4 is 29.1 Å². The van der Waals surface area contributed by atoms with Crippen molar-refractivity contribution in [1.82, 2.24) is 15.3 Å². The van der Waals surface area contributed by atoms with Crippen LogP contribution in [0.4, 0.5) is 30.5 Å². The fourth-order valence-corrected chi connectivity index (χ4v) is 4.79. The number of hydrogen-bond acceptors (Lipinski definition) is 6. The summed E-state index contributed by atoms with van der Waals surface area (Å²) in [4.78, 5) is 35.6. The minimum absolute atomic E-state index is 0.137. The summed E-state index contributed by atoms with van der Waals surface area (Å²) < 4.78 is 37.4. The zero-order chi connectivity index (χ0) is 24.8. The highest BCUT2D eigenvalue weighted by atomic mass is 19.4. The van der Waals surface area contributed by atoms with E-state index < -0.39 is 29.5 Å². The highest BCUT2D eigenvalue weighted by Crippen LogP contribution is 2.52. The molecule has 2 aliphatic carbocycles. The summed E-state index contributed by atoms with van der Waals surface area (Å²) in [5, 5.41) is 14.7. The number of aromatic nitrogens is 2. The molecule has 2 amide bonds. The van der Waals surface area contributed by atoms with Crippen LogP contribution in [0.2, 0.25) is 0 Å². The number of hydrogen-bond donors (Lipinski definition) is 2. The van der Waals surface area contributed by atoms with Crippen LogP contribution in [-0.4, -0.2) is 41.0 Å². The summed E-state index contributed by atoms with van der Waals surface area (Å²) in [6, 6.07) is 9.00. The first-order valence-electron chi connectivity index (χ1n) is 11.4. The number of amides is 2. The van der Waals surface area contributed by atoms with E-state index in [0.717, 1.165) is 12.8 Å². The molecule has 0 bridgehead atoms. The number of rotatable bonds is 7. The highest BCUT2D eigenvalue weighted by molar-refractivity contribution is 6.02. The molecule has 0 spiro atoms. The average molecular weight is 484 g/mol. The third kappa shape index (κ3) is 4.29. The number of nitriles is 1. The number of nitrogens with zero attached hydrogens (tertiary/aromatic N) is 4. The topological polar surface area (TPSA) is 111 Å². The van der Waals surface area contributed by atoms with E-state index in [-0.39, 0.29) is 11.8 Å². The van der Waals surface area contributed by atoms with Crippen LogP contribution in [0, 0.1) is 22.7 Å². The van der Waals surface area contributed by atoms with Crippen molar-refractivity contribution in [3.63, 3.8) is 0 Å². The lowest BCUT2D eigenvalue weighted by Crippen LogP contribution is -2.40. The number of halogens is 3. The van der Waals surface area contributed by atoms with Crippen molar-refractivity contribution in [2.24, 2.45) is 11.3 Å². The molecule has 8 nitrogen and oxygen atoms in total. The van der Waals surface area contributed by atoms with E-state index in [2.05, 4.69) is 21.4 Å². The maximum absolute atomic E-state index is 13.1. The van der Waals surface area contributed by atoms with Gasteiger partial charge in [0.15, 0.2) is 0 Å². The van der Waals surface area contributed by atoms with Gasteiger partial charge in [-0.25, -0.2) is 9.97 Å². The average Bonchev–Trinajstić information content (AvgIpc) is 3.76. The van der Waals surface area contributed by atoms with Gasteiger partial charge in [0.2, 0.25) is 11.8 Å². The molecule has 11 heteroatoms. The summed E-state index contributed by atoms with van der Waals surface area (Å²) in [6.07, 6.45) is 1.83. The Bertz CT molecular complexity index is 1200. The molecular weight excluding hydrogens is 461 g/mol. The highest BCUT2D eigenvalue weighted by Gasteiger charge is 2.57. The van der Waals surface area contributed by atoms with Crippen LogP contribution in [0.25, 0.3) is 0 Å². The van der Waals surface area contributed by atoms with Gasteiger partial charge in [0, 0.05) is 30.7 Å². The van der Waals surface area contributed by atoms with Gasteiger partial charge in [0.1, 0.15) is 23.6 Å². The van der Waals surface area contributed by atoms with Gasteiger partial charge in [0.05, 0.1) is 11.5 Å². The molecule has 1 aliphatic heterocycles. The van der Waals surface area contributed by atoms with Crippen LogP contribution in [0.15, 0.2) is 36.7 Å². The Balaban J connectivity index is 1.26. The second-order valence-electron chi connectivity index (χ2n) is 9.40. The molecule has 0 unspecified atom stereocenters. The fourth-order valence-electron chi connectivity index (χ4n) is 4.79. The molecule has 2 saturated carbocycles. The third-order valence-electron chi connectivity index (χ3n) is 7.09. The molecule has 3 heterocycles. The summed E-state index contributed by atoms with van der Waals surface area (Å²) in [5.41, 5.74) is -0.709. The van der Waals surface area contributed by atoms with Crippen molar-refractivity contribution in [2.45, 2.75) is 43.7 Å². The number of nitrogens with one attached hydrogen (secondary N) is 2. The van der Waals surface area contributed by atoms with E-state index in [1.54, 1.807) is 35.4 Å². The van der Waals surface area contributed by atoms with Gasteiger partial charge in [-0.15, -0.1) is 0 Å². The molecule has 0 radical (unpaired) electrons. The molecule has 5 rings (SSSR count). The van der Waals surface area contributed by atoms with Gasteiger partial charge in [-0.1, -0.05) is 6.07 Å². The van der Waals surface area contributed by atoms with Crippen molar-refractivity contribution in [1.29, 1.82) is 5.26 Å². The summed E-state index contributed by atoms with van der Waals surface area (Å²) in [7, 11) is 0. The van der Waals surface area contributed by atoms with Gasteiger partial charge < -0.3 is 15.5 Å². The van der Waals surface area contributed by atoms with E-state index in [9.17, 15) is 28.0 Å². The van der Waals surface area contributed by atoms with Gasteiger partial charge in [0.25, 0.3) is 0 Å². The lowest BCUT2D eigenvalue weighted by Gasteiger charge is -2.21. The number of pyridine rings is 2. The van der Waals surface area contributed by atoms with Crippen molar-refractivity contribution in [2.75, 3.05) is 23.3 Å². The summed E-state index contributed by atoms with van der Waals surface area (Å²) >= 11 is 0. The first-order chi connectivity index (χ1) is 16.7. The van der Waals surface area contributed by atoms with Gasteiger partial charge >= 0.3 is 6.18 Å². The van der Waals surface area contributed by atoms with Crippen LogP contribution in [0.5, 0.6) is 0 Å². The fraction of sp³-hybridized carbons (Fsp3) is 0.458. The lowest BCUT2D eigenvalue weighted by molar-refractivity contribution is -0.139. The maximum Gasteiger partial charge on any atom is 0.405 e. The summed E-state index contributed by atoms with van der Waals surface area (Å²) in [5.74, 6) is 0.197. The smallest absolute Gasteiger partial charge is 0.346 e. The van der Waals surface area contributed by atoms with Crippen LogP contribution < -0.4 is 15.5 Å². The van der Waals surface area contributed by atoms with Gasteiger partial charge in [-0.3, -0.25) is 9.59 Å². The van der Waals surface area contributed by atoms with E-state index in [1.807, 2.05) is 5.32 Å². The first kappa shape index (κ1) is 23.1. The zero-order valence-corrected chi connectivity index (χ0v) is 18.7. The first-order valence-corrected chi connectivity index (χ1v) is 11.4. The van der Waals surface area contributed by atoms with Gasteiger partial charge in [-0.2, -0.15) is 18.4 Å². The van der Waals surface area contributed by atoms with Crippen molar-refractivity contribution < 1.29 is 22.8 Å². The molecule has 2 aromatic heterocycles. The van der Waals surface area contributed by atoms with Crippen molar-refractivity contribution in [3.8, 4) is 6.07 Å². The van der Waals surface area contributed by atoms with Crippen LogP contribution in [-0.2, 0) is 15.0 Å². The standard InChI is InChI=1S/C24H23F3N6O2/c25-24(26,27)14-31-20(34)22(6-7-22)16-3-4-18(30-12-16)32-19-11-17(5-9-29-19)33-10-8-23(13-28,21(33)35)15-1-2-15/h3-5,9,11-12,15H,1-2,6-8,10,14H2,(H,31,34)(H,29,30,32)/t23-/m1/s1.